The second-order valence-electron chi connectivity index (χ2n) is 3.17. The Kier molecular flexibility index (Phi) is 4.23. The summed E-state index contributed by atoms with van der Waals surface area (Å²) in [6.07, 6.45) is 2.75. The van der Waals surface area contributed by atoms with Gasteiger partial charge in [-0.25, -0.2) is 4.39 Å². The van der Waals surface area contributed by atoms with Gasteiger partial charge < -0.3 is 0 Å². The van der Waals surface area contributed by atoms with Gasteiger partial charge in [-0.1, -0.05) is 19.1 Å². The van der Waals surface area contributed by atoms with Crippen molar-refractivity contribution in [3.05, 3.63) is 35.6 Å². The lowest BCUT2D eigenvalue weighted by Gasteiger charge is -2.05. The van der Waals surface area contributed by atoms with Gasteiger partial charge in [-0.05, 0) is 37.0 Å². The van der Waals surface area contributed by atoms with E-state index in [1.807, 2.05) is 6.07 Å². The maximum absolute atomic E-state index is 12.7. The van der Waals surface area contributed by atoms with E-state index in [0.29, 0.717) is 0 Å². The fraction of sp³-hybridized carbons (Fsp3) is 0.455. The molecule has 2 heteroatoms. The number of aryl methyl sites for hydroxylation is 1. The summed E-state index contributed by atoms with van der Waals surface area (Å²) in [4.78, 5) is 0. The number of hydrogen-bond acceptors (Lipinski definition) is 0. The summed E-state index contributed by atoms with van der Waals surface area (Å²) in [6, 6.07) is 6.70. The highest BCUT2D eigenvalue weighted by Gasteiger charge is 2.02. The third kappa shape index (κ3) is 3.77. The molecule has 0 saturated carbocycles. The topological polar surface area (TPSA) is 0 Å². The minimum atomic E-state index is -0.167. The molecule has 0 radical (unpaired) electrons. The zero-order valence-electron chi connectivity index (χ0n) is 7.76. The van der Waals surface area contributed by atoms with Gasteiger partial charge in [-0.2, -0.15) is 0 Å². The normalized spacial score (nSPS) is 12.8. The van der Waals surface area contributed by atoms with Crippen molar-refractivity contribution in [2.45, 2.75) is 31.6 Å². The molecule has 0 N–H and O–H groups in total. The Balaban J connectivity index is 2.45. The summed E-state index contributed by atoms with van der Waals surface area (Å²) in [6.45, 7) is 2.06. The fourth-order valence-corrected chi connectivity index (χ4v) is 1.33. The number of halogens is 2. The molecular weight excluding hydrogens is 187 g/mol. The molecule has 0 heterocycles. The van der Waals surface area contributed by atoms with Crippen LogP contribution >= 0.6 is 11.6 Å². The highest BCUT2D eigenvalue weighted by molar-refractivity contribution is 6.20. The first kappa shape index (κ1) is 10.5. The maximum Gasteiger partial charge on any atom is 0.123 e. The summed E-state index contributed by atoms with van der Waals surface area (Å²) in [5.74, 6) is -0.167. The van der Waals surface area contributed by atoms with E-state index in [1.54, 1.807) is 12.1 Å². The van der Waals surface area contributed by atoms with Gasteiger partial charge in [0.15, 0.2) is 0 Å². The first-order valence-corrected chi connectivity index (χ1v) is 5.04. The summed E-state index contributed by atoms with van der Waals surface area (Å²) in [5.41, 5.74) is 1.03. The fourth-order valence-electron chi connectivity index (χ4n) is 1.22. The minimum Gasteiger partial charge on any atom is -0.207 e. The van der Waals surface area contributed by atoms with Crippen LogP contribution in [0.15, 0.2) is 24.3 Å². The Morgan fingerprint density at radius 1 is 1.46 bits per heavy atom. The van der Waals surface area contributed by atoms with Crippen molar-refractivity contribution >= 4 is 11.6 Å². The molecule has 0 aromatic heterocycles. The van der Waals surface area contributed by atoms with Crippen molar-refractivity contribution in [2.24, 2.45) is 0 Å². The SMILES string of the molecule is CCC(Cl)CCc1cccc(F)c1. The van der Waals surface area contributed by atoms with E-state index in [4.69, 9.17) is 11.6 Å². The summed E-state index contributed by atoms with van der Waals surface area (Å²) >= 11 is 5.96. The average molecular weight is 201 g/mol. The summed E-state index contributed by atoms with van der Waals surface area (Å²) < 4.78 is 12.7. The third-order valence-electron chi connectivity index (χ3n) is 2.08. The predicted molar refractivity (Wildman–Crippen MR) is 54.7 cm³/mol. The lowest BCUT2D eigenvalue weighted by molar-refractivity contribution is 0.623. The van der Waals surface area contributed by atoms with Crippen LogP contribution in [0.1, 0.15) is 25.3 Å². The number of alkyl halides is 1. The smallest absolute Gasteiger partial charge is 0.123 e. The lowest BCUT2D eigenvalue weighted by atomic mass is 10.1. The van der Waals surface area contributed by atoms with Crippen molar-refractivity contribution in [1.29, 1.82) is 0 Å². The Morgan fingerprint density at radius 3 is 2.85 bits per heavy atom. The van der Waals surface area contributed by atoms with Gasteiger partial charge in [0.25, 0.3) is 0 Å². The maximum atomic E-state index is 12.7. The van der Waals surface area contributed by atoms with Crippen molar-refractivity contribution in [3.63, 3.8) is 0 Å². The van der Waals surface area contributed by atoms with Crippen molar-refractivity contribution in [3.8, 4) is 0 Å². The van der Waals surface area contributed by atoms with E-state index < -0.39 is 0 Å². The van der Waals surface area contributed by atoms with Crippen LogP contribution in [0.3, 0.4) is 0 Å². The van der Waals surface area contributed by atoms with E-state index in [9.17, 15) is 4.39 Å². The first-order chi connectivity index (χ1) is 6.22. The molecule has 1 atom stereocenters. The second-order valence-corrected chi connectivity index (χ2v) is 3.79. The lowest BCUT2D eigenvalue weighted by Crippen LogP contribution is -1.98. The van der Waals surface area contributed by atoms with Gasteiger partial charge in [0.2, 0.25) is 0 Å². The van der Waals surface area contributed by atoms with Crippen LogP contribution in [0.2, 0.25) is 0 Å². The van der Waals surface area contributed by atoms with Gasteiger partial charge in [0.05, 0.1) is 0 Å². The molecule has 1 rings (SSSR count). The van der Waals surface area contributed by atoms with Crippen LogP contribution in [-0.4, -0.2) is 5.38 Å². The van der Waals surface area contributed by atoms with E-state index >= 15 is 0 Å². The molecule has 72 valence electrons. The van der Waals surface area contributed by atoms with Crippen LogP contribution in [0.4, 0.5) is 4.39 Å². The highest BCUT2D eigenvalue weighted by atomic mass is 35.5. The van der Waals surface area contributed by atoms with E-state index in [1.165, 1.54) is 6.07 Å². The molecule has 0 nitrogen and oxygen atoms in total. The van der Waals surface area contributed by atoms with Crippen molar-refractivity contribution in [2.75, 3.05) is 0 Å². The van der Waals surface area contributed by atoms with E-state index in [0.717, 1.165) is 24.8 Å². The van der Waals surface area contributed by atoms with Crippen molar-refractivity contribution < 1.29 is 4.39 Å². The number of benzene rings is 1. The standard InChI is InChI=1S/C11H14ClF/c1-2-10(12)7-6-9-4-3-5-11(13)8-9/h3-5,8,10H,2,6-7H2,1H3. The molecule has 0 spiro atoms. The van der Waals surface area contributed by atoms with Crippen LogP contribution in [0.25, 0.3) is 0 Å². The average Bonchev–Trinajstić information content (AvgIpc) is 2.14. The van der Waals surface area contributed by atoms with Gasteiger partial charge in [-0.15, -0.1) is 11.6 Å². The summed E-state index contributed by atoms with van der Waals surface area (Å²) in [5, 5.41) is 0.211. The Bertz CT molecular complexity index is 260. The molecule has 0 amide bonds. The second kappa shape index (κ2) is 5.23. The Hall–Kier alpha value is -0.560. The van der Waals surface area contributed by atoms with Crippen LogP contribution in [-0.2, 0) is 6.42 Å². The first-order valence-electron chi connectivity index (χ1n) is 4.61. The molecular formula is C11H14ClF. The highest BCUT2D eigenvalue weighted by Crippen LogP contribution is 2.12. The Morgan fingerprint density at radius 2 is 2.23 bits per heavy atom. The zero-order valence-corrected chi connectivity index (χ0v) is 8.52. The van der Waals surface area contributed by atoms with Gasteiger partial charge in [0.1, 0.15) is 5.82 Å². The molecule has 0 aliphatic rings. The molecule has 0 saturated heterocycles. The zero-order chi connectivity index (χ0) is 9.68. The molecule has 0 aliphatic heterocycles. The quantitative estimate of drug-likeness (QED) is 0.649. The molecule has 1 unspecified atom stereocenters. The molecule has 0 bridgehead atoms. The van der Waals surface area contributed by atoms with Crippen LogP contribution in [0, 0.1) is 5.82 Å². The van der Waals surface area contributed by atoms with Crippen LogP contribution in [0.5, 0.6) is 0 Å². The van der Waals surface area contributed by atoms with E-state index in [2.05, 4.69) is 6.92 Å². The van der Waals surface area contributed by atoms with Gasteiger partial charge in [-0.3, -0.25) is 0 Å². The number of hydrogen-bond donors (Lipinski definition) is 0. The Labute approximate surface area is 83.7 Å². The molecule has 0 aliphatic carbocycles. The third-order valence-corrected chi connectivity index (χ3v) is 2.61. The summed E-state index contributed by atoms with van der Waals surface area (Å²) in [7, 11) is 0. The number of rotatable bonds is 4. The molecule has 1 aromatic rings. The van der Waals surface area contributed by atoms with Gasteiger partial charge >= 0.3 is 0 Å². The van der Waals surface area contributed by atoms with E-state index in [-0.39, 0.29) is 11.2 Å². The molecule has 1 aromatic carbocycles. The molecule has 0 fully saturated rings. The molecule has 13 heavy (non-hydrogen) atoms. The predicted octanol–water partition coefficient (Wildman–Crippen LogP) is 3.78. The van der Waals surface area contributed by atoms with Crippen molar-refractivity contribution in [1.82, 2.24) is 0 Å². The van der Waals surface area contributed by atoms with Crippen LogP contribution < -0.4 is 0 Å². The van der Waals surface area contributed by atoms with Gasteiger partial charge in [0, 0.05) is 5.38 Å². The largest absolute Gasteiger partial charge is 0.207 e. The monoisotopic (exact) mass is 200 g/mol. The minimum absolute atomic E-state index is 0.167.